The highest BCUT2D eigenvalue weighted by Crippen LogP contribution is 2.28. The van der Waals surface area contributed by atoms with Gasteiger partial charge in [-0.25, -0.2) is 13.6 Å². The molecule has 1 rings (SSSR count). The maximum absolute atomic E-state index is 10.7. The summed E-state index contributed by atoms with van der Waals surface area (Å²) >= 11 is 12.5. The Morgan fingerprint density at radius 1 is 1.29 bits per heavy atom. The van der Waals surface area contributed by atoms with Crippen LogP contribution < -0.4 is 5.14 Å². The van der Waals surface area contributed by atoms with Crippen molar-refractivity contribution in [2.24, 2.45) is 5.14 Å². The highest BCUT2D eigenvalue weighted by Gasteiger charge is 2.05. The quantitative estimate of drug-likeness (QED) is 0.859. The molecule has 0 saturated heterocycles. The van der Waals surface area contributed by atoms with E-state index in [1.54, 1.807) is 18.2 Å². The van der Waals surface area contributed by atoms with E-state index in [1.165, 1.54) is 0 Å². The van der Waals surface area contributed by atoms with Crippen LogP contribution in [-0.2, 0) is 10.0 Å². The Hall–Kier alpha value is 0.0600. The van der Waals surface area contributed by atoms with Gasteiger partial charge in [-0.3, -0.25) is 0 Å². The van der Waals surface area contributed by atoms with Crippen molar-refractivity contribution in [3.05, 3.63) is 28.2 Å². The minimum Gasteiger partial charge on any atom is -0.228 e. The van der Waals surface area contributed by atoms with Crippen LogP contribution in [0.25, 0.3) is 0 Å². The summed E-state index contributed by atoms with van der Waals surface area (Å²) in [6, 6.07) is 4.89. The van der Waals surface area contributed by atoms with Crippen molar-refractivity contribution in [3.63, 3.8) is 0 Å². The third-order valence-electron chi connectivity index (χ3n) is 1.28. The van der Waals surface area contributed by atoms with Crippen LogP contribution in [0.2, 0.25) is 10.0 Å². The minimum absolute atomic E-state index is 0.176. The molecule has 0 bridgehead atoms. The van der Waals surface area contributed by atoms with E-state index < -0.39 is 10.0 Å². The summed E-state index contributed by atoms with van der Waals surface area (Å²) in [6.07, 6.45) is 0. The zero-order valence-corrected chi connectivity index (χ0v) is 10.1. The Morgan fingerprint density at radius 2 is 1.93 bits per heavy atom. The first-order valence-electron chi connectivity index (χ1n) is 3.47. The maximum atomic E-state index is 10.7. The van der Waals surface area contributed by atoms with E-state index >= 15 is 0 Å². The molecule has 0 unspecified atom stereocenters. The van der Waals surface area contributed by atoms with Crippen LogP contribution in [0.5, 0.6) is 0 Å². The van der Waals surface area contributed by atoms with Crippen molar-refractivity contribution in [1.29, 1.82) is 0 Å². The number of hydrogen-bond acceptors (Lipinski definition) is 3. The fourth-order valence-electron chi connectivity index (χ4n) is 0.717. The molecule has 0 aromatic heterocycles. The molecule has 0 fully saturated rings. The van der Waals surface area contributed by atoms with Gasteiger partial charge in [0, 0.05) is 4.90 Å². The molecule has 14 heavy (non-hydrogen) atoms. The molecular formula is C7H7Cl2NO2S2. The first-order valence-corrected chi connectivity index (χ1v) is 6.92. The lowest BCUT2D eigenvalue weighted by molar-refractivity contribution is 0.602. The second-order valence-corrected chi connectivity index (χ2v) is 6.34. The molecule has 2 N–H and O–H groups in total. The van der Waals surface area contributed by atoms with Gasteiger partial charge in [-0.05, 0) is 18.2 Å². The van der Waals surface area contributed by atoms with Crippen molar-refractivity contribution in [1.82, 2.24) is 0 Å². The molecule has 0 spiro atoms. The standard InChI is InChI=1S/C7H7Cl2NO2S2/c8-6-2-1-5(3-7(6)9)13-4-14(10,11)12/h1-3H,4H2,(H2,10,11,12). The molecule has 0 aliphatic heterocycles. The third kappa shape index (κ3) is 4.06. The summed E-state index contributed by atoms with van der Waals surface area (Å²) in [5.41, 5.74) is 0. The minimum atomic E-state index is -3.46. The Labute approximate surface area is 96.6 Å². The Balaban J connectivity index is 2.74. The summed E-state index contributed by atoms with van der Waals surface area (Å²) in [6.45, 7) is 0. The second kappa shape index (κ2) is 4.72. The monoisotopic (exact) mass is 271 g/mol. The molecule has 0 radical (unpaired) electrons. The second-order valence-electron chi connectivity index (χ2n) is 2.50. The molecule has 0 amide bonds. The van der Waals surface area contributed by atoms with Gasteiger partial charge >= 0.3 is 0 Å². The zero-order chi connectivity index (χ0) is 10.8. The van der Waals surface area contributed by atoms with Crippen molar-refractivity contribution in [3.8, 4) is 0 Å². The Morgan fingerprint density at radius 3 is 2.43 bits per heavy atom. The molecule has 3 nitrogen and oxygen atoms in total. The summed E-state index contributed by atoms with van der Waals surface area (Å²) in [5, 5.41) is 5.50. The van der Waals surface area contributed by atoms with Crippen LogP contribution >= 0.6 is 35.0 Å². The number of rotatable bonds is 3. The molecule has 0 heterocycles. The van der Waals surface area contributed by atoms with Crippen LogP contribution in [0.4, 0.5) is 0 Å². The fourth-order valence-corrected chi connectivity index (χ4v) is 2.65. The number of primary sulfonamides is 1. The van der Waals surface area contributed by atoms with Gasteiger partial charge in [-0.2, -0.15) is 0 Å². The Kier molecular flexibility index (Phi) is 4.09. The molecule has 0 atom stereocenters. The third-order valence-corrected chi connectivity index (χ3v) is 4.39. The van der Waals surface area contributed by atoms with E-state index in [2.05, 4.69) is 0 Å². The molecule has 1 aromatic rings. The Bertz CT molecular complexity index is 433. The van der Waals surface area contributed by atoms with E-state index in [1.807, 2.05) is 0 Å². The van der Waals surface area contributed by atoms with E-state index in [0.29, 0.717) is 14.9 Å². The largest absolute Gasteiger partial charge is 0.228 e. The molecular weight excluding hydrogens is 265 g/mol. The predicted molar refractivity (Wildman–Crippen MR) is 60.3 cm³/mol. The number of hydrogen-bond donors (Lipinski definition) is 1. The van der Waals surface area contributed by atoms with Crippen LogP contribution in [0.1, 0.15) is 0 Å². The number of thioether (sulfide) groups is 1. The topological polar surface area (TPSA) is 60.2 Å². The molecule has 78 valence electrons. The number of sulfonamides is 1. The SMILES string of the molecule is NS(=O)(=O)CSc1ccc(Cl)c(Cl)c1. The predicted octanol–water partition coefficient (Wildman–Crippen LogP) is 2.33. The van der Waals surface area contributed by atoms with Crippen LogP contribution in [0, 0.1) is 0 Å². The normalized spacial score (nSPS) is 11.6. The van der Waals surface area contributed by atoms with E-state index in [-0.39, 0.29) is 5.08 Å². The van der Waals surface area contributed by atoms with Crippen molar-refractivity contribution >= 4 is 45.0 Å². The van der Waals surface area contributed by atoms with Crippen LogP contribution in [0.3, 0.4) is 0 Å². The number of halogens is 2. The van der Waals surface area contributed by atoms with Crippen LogP contribution in [-0.4, -0.2) is 13.5 Å². The first kappa shape index (κ1) is 12.1. The number of nitrogens with two attached hydrogens (primary N) is 1. The average molecular weight is 272 g/mol. The summed E-state index contributed by atoms with van der Waals surface area (Å²) in [7, 11) is -3.46. The highest BCUT2D eigenvalue weighted by molar-refractivity contribution is 8.11. The van der Waals surface area contributed by atoms with Crippen molar-refractivity contribution in [2.45, 2.75) is 4.90 Å². The van der Waals surface area contributed by atoms with E-state index in [4.69, 9.17) is 28.3 Å². The molecule has 7 heteroatoms. The fraction of sp³-hybridized carbons (Fsp3) is 0.143. The van der Waals surface area contributed by atoms with E-state index in [0.717, 1.165) is 11.8 Å². The molecule has 0 aliphatic carbocycles. The van der Waals surface area contributed by atoms with Gasteiger partial charge < -0.3 is 0 Å². The summed E-state index contributed by atoms with van der Waals surface area (Å²) in [4.78, 5) is 0.716. The van der Waals surface area contributed by atoms with Crippen molar-refractivity contribution in [2.75, 3.05) is 5.08 Å². The lowest BCUT2D eigenvalue weighted by atomic mass is 10.4. The number of benzene rings is 1. The van der Waals surface area contributed by atoms with Gasteiger partial charge in [0.1, 0.15) is 5.08 Å². The first-order chi connectivity index (χ1) is 6.38. The van der Waals surface area contributed by atoms with E-state index in [9.17, 15) is 8.42 Å². The summed E-state index contributed by atoms with van der Waals surface area (Å²) in [5.74, 6) is 0. The van der Waals surface area contributed by atoms with Gasteiger partial charge in [-0.15, -0.1) is 11.8 Å². The van der Waals surface area contributed by atoms with Gasteiger partial charge in [0.15, 0.2) is 0 Å². The molecule has 0 aliphatic rings. The lowest BCUT2D eigenvalue weighted by Gasteiger charge is -2.01. The smallest absolute Gasteiger partial charge is 0.218 e. The van der Waals surface area contributed by atoms with Gasteiger partial charge in [0.2, 0.25) is 10.0 Å². The van der Waals surface area contributed by atoms with Crippen LogP contribution in [0.15, 0.2) is 23.1 Å². The van der Waals surface area contributed by atoms with Gasteiger partial charge in [0.05, 0.1) is 10.0 Å². The van der Waals surface area contributed by atoms with Crippen molar-refractivity contribution < 1.29 is 8.42 Å². The van der Waals surface area contributed by atoms with Gasteiger partial charge in [-0.1, -0.05) is 23.2 Å². The maximum Gasteiger partial charge on any atom is 0.218 e. The lowest BCUT2D eigenvalue weighted by Crippen LogP contribution is -2.13. The highest BCUT2D eigenvalue weighted by atomic mass is 35.5. The summed E-state index contributed by atoms with van der Waals surface area (Å²) < 4.78 is 21.3. The zero-order valence-electron chi connectivity index (χ0n) is 6.91. The molecule has 1 aromatic carbocycles. The van der Waals surface area contributed by atoms with Gasteiger partial charge in [0.25, 0.3) is 0 Å². The molecule has 0 saturated carbocycles. The average Bonchev–Trinajstić information content (AvgIpc) is 2.06.